The van der Waals surface area contributed by atoms with Crippen molar-refractivity contribution in [3.8, 4) is 11.5 Å². The first-order chi connectivity index (χ1) is 15.4. The molecule has 0 aliphatic carbocycles. The minimum absolute atomic E-state index is 0.171. The number of imide groups is 2. The molecule has 7 nitrogen and oxygen atoms in total. The zero-order valence-corrected chi connectivity index (χ0v) is 18.8. The summed E-state index contributed by atoms with van der Waals surface area (Å²) in [6.45, 7) is 2.73. The second-order valence-electron chi connectivity index (χ2n) is 7.25. The predicted octanol–water partition coefficient (Wildman–Crippen LogP) is 4.97. The highest BCUT2D eigenvalue weighted by atomic mass is 35.5. The number of methoxy groups -OCH3 is 1. The van der Waals surface area contributed by atoms with Gasteiger partial charge in [-0.2, -0.15) is 0 Å². The van der Waals surface area contributed by atoms with Gasteiger partial charge in [0.2, 0.25) is 0 Å². The van der Waals surface area contributed by atoms with E-state index in [0.29, 0.717) is 34.4 Å². The molecule has 1 saturated heterocycles. The molecule has 3 rings (SSSR count). The van der Waals surface area contributed by atoms with E-state index in [1.807, 2.05) is 0 Å². The highest BCUT2D eigenvalue weighted by molar-refractivity contribution is 6.39. The number of nitrogens with one attached hydrogen (secondary N) is 1. The van der Waals surface area contributed by atoms with Gasteiger partial charge in [0.15, 0.2) is 11.5 Å². The number of hydrogen-bond donors (Lipinski definition) is 1. The molecular weight excluding hydrogens is 432 g/mol. The number of ether oxygens (including phenoxy) is 2. The van der Waals surface area contributed by atoms with Crippen molar-refractivity contribution in [3.63, 3.8) is 0 Å². The fourth-order valence-corrected chi connectivity index (χ4v) is 3.38. The molecule has 1 N–H and O–H groups in total. The summed E-state index contributed by atoms with van der Waals surface area (Å²) in [6, 6.07) is 10.5. The Balaban J connectivity index is 1.82. The van der Waals surface area contributed by atoms with Crippen LogP contribution in [0.15, 0.2) is 48.0 Å². The van der Waals surface area contributed by atoms with E-state index in [9.17, 15) is 14.4 Å². The van der Waals surface area contributed by atoms with Crippen LogP contribution in [0, 0.1) is 0 Å². The molecule has 1 aliphatic rings. The van der Waals surface area contributed by atoms with Gasteiger partial charge < -0.3 is 9.47 Å². The molecule has 2 aromatic carbocycles. The van der Waals surface area contributed by atoms with Gasteiger partial charge in [-0.05, 0) is 54.5 Å². The van der Waals surface area contributed by atoms with E-state index in [2.05, 4.69) is 12.2 Å². The number of carbonyl (C=O) groups excluding carboxylic acids is 3. The average Bonchev–Trinajstić information content (AvgIpc) is 2.78. The fourth-order valence-electron chi connectivity index (χ4n) is 3.25. The molecule has 0 aromatic heterocycles. The van der Waals surface area contributed by atoms with Gasteiger partial charge in [-0.1, -0.05) is 43.9 Å². The van der Waals surface area contributed by atoms with E-state index in [1.54, 1.807) is 30.3 Å². The van der Waals surface area contributed by atoms with Gasteiger partial charge in [-0.3, -0.25) is 14.9 Å². The van der Waals surface area contributed by atoms with E-state index in [1.165, 1.54) is 31.7 Å². The van der Waals surface area contributed by atoms with Crippen LogP contribution < -0.4 is 19.7 Å². The van der Waals surface area contributed by atoms with Crippen molar-refractivity contribution in [1.29, 1.82) is 0 Å². The van der Waals surface area contributed by atoms with E-state index in [0.717, 1.165) is 24.2 Å². The molecule has 168 valence electrons. The number of barbiturate groups is 1. The number of unbranched alkanes of at least 4 members (excludes halogenated alkanes) is 3. The van der Waals surface area contributed by atoms with Crippen LogP contribution in [0.3, 0.4) is 0 Å². The smallest absolute Gasteiger partial charge is 0.335 e. The molecule has 32 heavy (non-hydrogen) atoms. The molecule has 0 unspecified atom stereocenters. The number of halogens is 1. The molecule has 4 amide bonds. The lowest BCUT2D eigenvalue weighted by atomic mass is 10.1. The third-order valence-corrected chi connectivity index (χ3v) is 5.19. The maximum Gasteiger partial charge on any atom is 0.335 e. The van der Waals surface area contributed by atoms with Gasteiger partial charge in [0, 0.05) is 5.02 Å². The number of anilines is 1. The summed E-state index contributed by atoms with van der Waals surface area (Å²) in [5.74, 6) is -0.413. The van der Waals surface area contributed by atoms with Crippen LogP contribution >= 0.6 is 11.6 Å². The zero-order chi connectivity index (χ0) is 23.1. The summed E-state index contributed by atoms with van der Waals surface area (Å²) in [6.07, 6.45) is 5.79. The van der Waals surface area contributed by atoms with Crippen molar-refractivity contribution in [3.05, 3.63) is 58.6 Å². The Kier molecular flexibility index (Phi) is 7.89. The van der Waals surface area contributed by atoms with Crippen LogP contribution in [0.1, 0.15) is 38.2 Å². The Morgan fingerprint density at radius 1 is 1.00 bits per heavy atom. The standard InChI is InChI=1S/C24H25ClN2O5/c1-3-4-5-6-13-32-20-12-7-16(15-21(20)31-2)14-19-22(28)26-24(30)27(23(19)29)18-10-8-17(25)9-11-18/h7-12,14-15H,3-6,13H2,1-2H3,(H,26,28,30)/b19-14-. The molecule has 0 saturated carbocycles. The minimum atomic E-state index is -0.816. The summed E-state index contributed by atoms with van der Waals surface area (Å²) < 4.78 is 11.2. The predicted molar refractivity (Wildman–Crippen MR) is 123 cm³/mol. The lowest BCUT2D eigenvalue weighted by Gasteiger charge is -2.26. The number of hydrogen-bond acceptors (Lipinski definition) is 5. The molecule has 2 aromatic rings. The lowest BCUT2D eigenvalue weighted by molar-refractivity contribution is -0.122. The topological polar surface area (TPSA) is 84.9 Å². The second-order valence-corrected chi connectivity index (χ2v) is 7.69. The molecule has 0 bridgehead atoms. The van der Waals surface area contributed by atoms with Crippen LogP contribution in [-0.2, 0) is 9.59 Å². The van der Waals surface area contributed by atoms with Crippen LogP contribution in [0.2, 0.25) is 5.02 Å². The maximum atomic E-state index is 13.0. The van der Waals surface area contributed by atoms with Crippen molar-refractivity contribution in [2.45, 2.75) is 32.6 Å². The highest BCUT2D eigenvalue weighted by Gasteiger charge is 2.36. The maximum absolute atomic E-state index is 13.0. The van der Waals surface area contributed by atoms with Crippen LogP contribution in [0.5, 0.6) is 11.5 Å². The first kappa shape index (κ1) is 23.3. The number of carbonyl (C=O) groups is 3. The van der Waals surface area contributed by atoms with Crippen molar-refractivity contribution in [1.82, 2.24) is 5.32 Å². The van der Waals surface area contributed by atoms with Crippen molar-refractivity contribution < 1.29 is 23.9 Å². The molecule has 1 fully saturated rings. The zero-order valence-electron chi connectivity index (χ0n) is 18.0. The monoisotopic (exact) mass is 456 g/mol. The number of rotatable bonds is 9. The Bertz CT molecular complexity index is 1030. The SMILES string of the molecule is CCCCCCOc1ccc(/C=C2/C(=O)NC(=O)N(c3ccc(Cl)cc3)C2=O)cc1OC. The Labute approximate surface area is 191 Å². The number of benzene rings is 2. The molecule has 0 atom stereocenters. The summed E-state index contributed by atoms with van der Waals surface area (Å²) in [5.41, 5.74) is 0.693. The van der Waals surface area contributed by atoms with Gasteiger partial charge in [-0.25, -0.2) is 9.69 Å². The number of amides is 4. The molecule has 8 heteroatoms. The first-order valence-electron chi connectivity index (χ1n) is 10.4. The molecule has 1 aliphatic heterocycles. The van der Waals surface area contributed by atoms with Crippen LogP contribution in [0.4, 0.5) is 10.5 Å². The Morgan fingerprint density at radius 3 is 2.44 bits per heavy atom. The van der Waals surface area contributed by atoms with Crippen molar-refractivity contribution >= 4 is 41.2 Å². The quantitative estimate of drug-likeness (QED) is 0.327. The van der Waals surface area contributed by atoms with Gasteiger partial charge in [0.1, 0.15) is 5.57 Å². The minimum Gasteiger partial charge on any atom is -0.493 e. The third-order valence-electron chi connectivity index (χ3n) is 4.94. The average molecular weight is 457 g/mol. The van der Waals surface area contributed by atoms with Crippen LogP contribution in [0.25, 0.3) is 6.08 Å². The van der Waals surface area contributed by atoms with Crippen molar-refractivity contribution in [2.24, 2.45) is 0 Å². The number of nitrogens with zero attached hydrogens (tertiary/aromatic N) is 1. The normalized spacial score (nSPS) is 15.2. The van der Waals surface area contributed by atoms with E-state index < -0.39 is 17.8 Å². The van der Waals surface area contributed by atoms with Crippen LogP contribution in [-0.4, -0.2) is 31.6 Å². The largest absolute Gasteiger partial charge is 0.493 e. The summed E-state index contributed by atoms with van der Waals surface area (Å²) >= 11 is 5.89. The van der Waals surface area contributed by atoms with Gasteiger partial charge in [-0.15, -0.1) is 0 Å². The third kappa shape index (κ3) is 5.48. The second kappa shape index (κ2) is 10.8. The summed E-state index contributed by atoms with van der Waals surface area (Å²) in [4.78, 5) is 38.5. The first-order valence-corrected chi connectivity index (χ1v) is 10.8. The lowest BCUT2D eigenvalue weighted by Crippen LogP contribution is -2.54. The fraction of sp³-hybridized carbons (Fsp3) is 0.292. The molecule has 1 heterocycles. The molecular formula is C24H25ClN2O5. The van der Waals surface area contributed by atoms with Gasteiger partial charge >= 0.3 is 6.03 Å². The Hall–Kier alpha value is -3.32. The molecule has 0 radical (unpaired) electrons. The van der Waals surface area contributed by atoms with Crippen molar-refractivity contribution in [2.75, 3.05) is 18.6 Å². The van der Waals surface area contributed by atoms with E-state index in [4.69, 9.17) is 21.1 Å². The van der Waals surface area contributed by atoms with Gasteiger partial charge in [0.25, 0.3) is 11.8 Å². The summed E-state index contributed by atoms with van der Waals surface area (Å²) in [7, 11) is 1.52. The summed E-state index contributed by atoms with van der Waals surface area (Å²) in [5, 5.41) is 2.66. The number of urea groups is 1. The highest BCUT2D eigenvalue weighted by Crippen LogP contribution is 2.30. The van der Waals surface area contributed by atoms with E-state index in [-0.39, 0.29) is 5.57 Å². The Morgan fingerprint density at radius 2 is 1.75 bits per heavy atom. The van der Waals surface area contributed by atoms with E-state index >= 15 is 0 Å². The van der Waals surface area contributed by atoms with Gasteiger partial charge in [0.05, 0.1) is 19.4 Å². The molecule has 0 spiro atoms.